The third-order valence-electron chi connectivity index (χ3n) is 2.84. The smallest absolute Gasteiger partial charge is 0.129 e. The highest BCUT2D eigenvalue weighted by atomic mass is 15.4. The number of anilines is 1. The minimum atomic E-state index is 0.318. The Balaban J connectivity index is 2.21. The van der Waals surface area contributed by atoms with Crippen LogP contribution in [0.5, 0.6) is 0 Å². The molecule has 2 rings (SSSR count). The number of aromatic nitrogens is 2. The molecule has 14 heavy (non-hydrogen) atoms. The van der Waals surface area contributed by atoms with Crippen LogP contribution in [0.25, 0.3) is 0 Å². The Labute approximate surface area is 84.7 Å². The summed E-state index contributed by atoms with van der Waals surface area (Å²) in [6.07, 6.45) is 4.24. The van der Waals surface area contributed by atoms with Crippen molar-refractivity contribution in [2.75, 3.05) is 18.0 Å². The van der Waals surface area contributed by atoms with Crippen LogP contribution in [-0.4, -0.2) is 28.9 Å². The topological polar surface area (TPSA) is 47.1 Å². The van der Waals surface area contributed by atoms with E-state index in [9.17, 15) is 0 Å². The number of nitrogens with two attached hydrogens (primary N) is 1. The standard InChI is InChI=1S/C10H18N4/c1-8-6-12-13(2)10(8)14-5-3-4-9(11)7-14/h6,9H,3-5,7,11H2,1-2H3/t9-/m1/s1. The molecule has 1 fully saturated rings. The molecule has 0 aliphatic carbocycles. The van der Waals surface area contributed by atoms with Crippen molar-refractivity contribution in [2.45, 2.75) is 25.8 Å². The fourth-order valence-electron chi connectivity index (χ4n) is 2.20. The van der Waals surface area contributed by atoms with Gasteiger partial charge in [0.1, 0.15) is 5.82 Å². The van der Waals surface area contributed by atoms with E-state index < -0.39 is 0 Å². The Hall–Kier alpha value is -1.03. The lowest BCUT2D eigenvalue weighted by atomic mass is 10.1. The molecule has 0 saturated carbocycles. The van der Waals surface area contributed by atoms with Crippen molar-refractivity contribution in [1.82, 2.24) is 9.78 Å². The third kappa shape index (κ3) is 1.62. The zero-order valence-corrected chi connectivity index (χ0v) is 8.90. The van der Waals surface area contributed by atoms with Gasteiger partial charge in [-0.05, 0) is 19.8 Å². The molecule has 1 aliphatic rings. The van der Waals surface area contributed by atoms with Crippen molar-refractivity contribution in [3.8, 4) is 0 Å². The molecule has 78 valence electrons. The van der Waals surface area contributed by atoms with Gasteiger partial charge in [0.2, 0.25) is 0 Å². The fourth-order valence-corrected chi connectivity index (χ4v) is 2.20. The zero-order valence-electron chi connectivity index (χ0n) is 8.90. The predicted octanol–water partition coefficient (Wildman–Crippen LogP) is 0.656. The molecule has 0 radical (unpaired) electrons. The summed E-state index contributed by atoms with van der Waals surface area (Å²) in [4.78, 5) is 2.34. The van der Waals surface area contributed by atoms with Crippen molar-refractivity contribution in [3.63, 3.8) is 0 Å². The Kier molecular flexibility index (Phi) is 2.46. The van der Waals surface area contributed by atoms with Crippen LogP contribution in [0.1, 0.15) is 18.4 Å². The normalized spacial score (nSPS) is 22.8. The molecule has 2 heterocycles. The molecule has 4 nitrogen and oxygen atoms in total. The Morgan fingerprint density at radius 2 is 2.36 bits per heavy atom. The number of piperidine rings is 1. The van der Waals surface area contributed by atoms with Crippen LogP contribution >= 0.6 is 0 Å². The van der Waals surface area contributed by atoms with E-state index in [2.05, 4.69) is 16.9 Å². The number of rotatable bonds is 1. The second-order valence-electron chi connectivity index (χ2n) is 4.12. The monoisotopic (exact) mass is 194 g/mol. The summed E-state index contributed by atoms with van der Waals surface area (Å²) in [6.45, 7) is 4.16. The molecule has 1 atom stereocenters. The van der Waals surface area contributed by atoms with E-state index in [1.54, 1.807) is 0 Å². The van der Waals surface area contributed by atoms with Gasteiger partial charge in [0.05, 0.1) is 6.20 Å². The molecule has 1 saturated heterocycles. The average Bonchev–Trinajstić information content (AvgIpc) is 2.46. The van der Waals surface area contributed by atoms with Crippen molar-refractivity contribution >= 4 is 5.82 Å². The first-order valence-electron chi connectivity index (χ1n) is 5.17. The van der Waals surface area contributed by atoms with Crippen molar-refractivity contribution in [1.29, 1.82) is 0 Å². The Morgan fingerprint density at radius 1 is 1.57 bits per heavy atom. The van der Waals surface area contributed by atoms with Gasteiger partial charge in [-0.15, -0.1) is 0 Å². The quantitative estimate of drug-likeness (QED) is 0.714. The van der Waals surface area contributed by atoms with Gasteiger partial charge in [0.15, 0.2) is 0 Å². The molecule has 0 amide bonds. The van der Waals surface area contributed by atoms with Gasteiger partial charge < -0.3 is 10.6 Å². The summed E-state index contributed by atoms with van der Waals surface area (Å²) in [5.74, 6) is 1.22. The minimum absolute atomic E-state index is 0.318. The lowest BCUT2D eigenvalue weighted by molar-refractivity contribution is 0.496. The van der Waals surface area contributed by atoms with Gasteiger partial charge in [0, 0.05) is 31.7 Å². The minimum Gasteiger partial charge on any atom is -0.355 e. The SMILES string of the molecule is Cc1cnn(C)c1N1CCC[C@@H](N)C1. The van der Waals surface area contributed by atoms with Gasteiger partial charge in [-0.1, -0.05) is 0 Å². The lowest BCUT2D eigenvalue weighted by Crippen LogP contribution is -2.43. The summed E-state index contributed by atoms with van der Waals surface area (Å²) >= 11 is 0. The lowest BCUT2D eigenvalue weighted by Gasteiger charge is -2.32. The third-order valence-corrected chi connectivity index (χ3v) is 2.84. The van der Waals surface area contributed by atoms with Gasteiger partial charge >= 0.3 is 0 Å². The number of hydrogen-bond acceptors (Lipinski definition) is 3. The van der Waals surface area contributed by atoms with Crippen molar-refractivity contribution < 1.29 is 0 Å². The maximum absolute atomic E-state index is 5.96. The summed E-state index contributed by atoms with van der Waals surface area (Å²) in [6, 6.07) is 0.318. The second-order valence-corrected chi connectivity index (χ2v) is 4.12. The first kappa shape index (κ1) is 9.52. The molecule has 0 spiro atoms. The van der Waals surface area contributed by atoms with E-state index in [1.165, 1.54) is 17.8 Å². The van der Waals surface area contributed by atoms with Crippen LogP contribution in [0.15, 0.2) is 6.20 Å². The average molecular weight is 194 g/mol. The van der Waals surface area contributed by atoms with Crippen molar-refractivity contribution in [2.24, 2.45) is 12.8 Å². The van der Waals surface area contributed by atoms with Crippen molar-refractivity contribution in [3.05, 3.63) is 11.8 Å². The highest BCUT2D eigenvalue weighted by molar-refractivity contribution is 5.46. The highest BCUT2D eigenvalue weighted by Gasteiger charge is 2.20. The van der Waals surface area contributed by atoms with Gasteiger partial charge in [-0.3, -0.25) is 4.68 Å². The molecule has 1 aliphatic heterocycles. The summed E-state index contributed by atoms with van der Waals surface area (Å²) in [5.41, 5.74) is 7.20. The molecule has 0 bridgehead atoms. The van der Waals surface area contributed by atoms with E-state index in [1.807, 2.05) is 17.9 Å². The van der Waals surface area contributed by atoms with Crippen LogP contribution < -0.4 is 10.6 Å². The first-order valence-corrected chi connectivity index (χ1v) is 5.17. The highest BCUT2D eigenvalue weighted by Crippen LogP contribution is 2.22. The second kappa shape index (κ2) is 3.61. The first-order chi connectivity index (χ1) is 6.68. The number of nitrogens with zero attached hydrogens (tertiary/aromatic N) is 3. The van der Waals surface area contributed by atoms with Crippen LogP contribution in [0.4, 0.5) is 5.82 Å². The van der Waals surface area contributed by atoms with E-state index in [-0.39, 0.29) is 0 Å². The molecule has 4 heteroatoms. The molecule has 0 aromatic carbocycles. The summed E-state index contributed by atoms with van der Waals surface area (Å²) < 4.78 is 1.94. The fraction of sp³-hybridized carbons (Fsp3) is 0.700. The van der Waals surface area contributed by atoms with Crippen LogP contribution in [0.2, 0.25) is 0 Å². The van der Waals surface area contributed by atoms with E-state index in [0.717, 1.165) is 19.5 Å². The largest absolute Gasteiger partial charge is 0.355 e. The molecule has 1 aromatic heterocycles. The number of aryl methyl sites for hydroxylation is 2. The zero-order chi connectivity index (χ0) is 10.1. The van der Waals surface area contributed by atoms with Gasteiger partial charge in [0.25, 0.3) is 0 Å². The predicted molar refractivity (Wildman–Crippen MR) is 57.4 cm³/mol. The van der Waals surface area contributed by atoms with Gasteiger partial charge in [-0.25, -0.2) is 0 Å². The van der Waals surface area contributed by atoms with E-state index >= 15 is 0 Å². The van der Waals surface area contributed by atoms with E-state index in [0.29, 0.717) is 6.04 Å². The van der Waals surface area contributed by atoms with Gasteiger partial charge in [-0.2, -0.15) is 5.10 Å². The summed E-state index contributed by atoms with van der Waals surface area (Å²) in [5, 5.41) is 4.25. The summed E-state index contributed by atoms with van der Waals surface area (Å²) in [7, 11) is 1.99. The van der Waals surface area contributed by atoms with Crippen LogP contribution in [-0.2, 0) is 7.05 Å². The molecule has 0 unspecified atom stereocenters. The molecular weight excluding hydrogens is 176 g/mol. The Morgan fingerprint density at radius 3 is 2.93 bits per heavy atom. The number of hydrogen-bond donors (Lipinski definition) is 1. The Bertz CT molecular complexity index is 298. The molecule has 1 aromatic rings. The van der Waals surface area contributed by atoms with Crippen LogP contribution in [0, 0.1) is 6.92 Å². The van der Waals surface area contributed by atoms with Crippen LogP contribution in [0.3, 0.4) is 0 Å². The molecule has 2 N–H and O–H groups in total. The molecular formula is C10H18N4. The maximum atomic E-state index is 5.96. The van der Waals surface area contributed by atoms with E-state index in [4.69, 9.17) is 5.73 Å². The maximum Gasteiger partial charge on any atom is 0.129 e.